The fraction of sp³-hybridized carbons (Fsp3) is 0.227. The summed E-state index contributed by atoms with van der Waals surface area (Å²) in [5.41, 5.74) is 1.74. The largest absolute Gasteiger partial charge is 0.378 e. The number of aromatic nitrogens is 2. The Kier molecular flexibility index (Phi) is 5.97. The van der Waals surface area contributed by atoms with Gasteiger partial charge in [-0.3, -0.25) is 23.5 Å². The molecule has 1 N–H and O–H groups in total. The van der Waals surface area contributed by atoms with Gasteiger partial charge in [-0.15, -0.1) is 6.58 Å². The summed E-state index contributed by atoms with van der Waals surface area (Å²) in [6, 6.07) is 14.8. The van der Waals surface area contributed by atoms with Gasteiger partial charge in [0.15, 0.2) is 0 Å². The first-order valence-electron chi connectivity index (χ1n) is 9.28. The van der Waals surface area contributed by atoms with Crippen molar-refractivity contribution in [2.24, 2.45) is 0 Å². The molecular formula is C22H24N4O3. The van der Waals surface area contributed by atoms with Gasteiger partial charge in [0.05, 0.1) is 11.0 Å². The molecule has 7 nitrogen and oxygen atoms in total. The summed E-state index contributed by atoms with van der Waals surface area (Å²) in [6.45, 7) is 3.98. The maximum absolute atomic E-state index is 12.6. The number of allylic oxidation sites excluding steroid dienone is 1. The Bertz CT molecular complexity index is 1160. The van der Waals surface area contributed by atoms with Gasteiger partial charge in [-0.05, 0) is 29.8 Å². The number of carbonyl (C=O) groups is 1. The number of fused-ring (bicyclic) bond motifs is 1. The van der Waals surface area contributed by atoms with E-state index in [1.165, 1.54) is 9.13 Å². The van der Waals surface area contributed by atoms with Crippen LogP contribution in [0, 0.1) is 0 Å². The van der Waals surface area contributed by atoms with Crippen LogP contribution in [0.15, 0.2) is 70.8 Å². The second-order valence-electron chi connectivity index (χ2n) is 6.92. The number of hydrogen-bond acceptors (Lipinski definition) is 4. The molecule has 1 heterocycles. The molecule has 1 aromatic heterocycles. The van der Waals surface area contributed by atoms with Crippen LogP contribution >= 0.6 is 0 Å². The zero-order valence-corrected chi connectivity index (χ0v) is 16.6. The van der Waals surface area contributed by atoms with Gasteiger partial charge in [-0.2, -0.15) is 0 Å². The van der Waals surface area contributed by atoms with Crippen LogP contribution in [0.25, 0.3) is 11.0 Å². The minimum atomic E-state index is -0.726. The zero-order valence-electron chi connectivity index (χ0n) is 16.6. The predicted molar refractivity (Wildman–Crippen MR) is 115 cm³/mol. The average molecular weight is 392 g/mol. The highest BCUT2D eigenvalue weighted by Gasteiger charge is 2.14. The molecule has 0 fully saturated rings. The highest BCUT2D eigenvalue weighted by atomic mass is 16.2. The lowest BCUT2D eigenvalue weighted by molar-refractivity contribution is -0.121. The fourth-order valence-electron chi connectivity index (χ4n) is 3.15. The zero-order chi connectivity index (χ0) is 21.0. The highest BCUT2D eigenvalue weighted by molar-refractivity contribution is 5.80. The summed E-state index contributed by atoms with van der Waals surface area (Å²) < 4.78 is 2.59. The molecule has 3 rings (SSSR count). The summed E-state index contributed by atoms with van der Waals surface area (Å²) in [5.74, 6) is -0.338. The molecule has 29 heavy (non-hydrogen) atoms. The second-order valence-corrected chi connectivity index (χ2v) is 6.92. The van der Waals surface area contributed by atoms with Gasteiger partial charge in [0, 0.05) is 32.9 Å². The van der Waals surface area contributed by atoms with Crippen molar-refractivity contribution in [2.75, 3.05) is 19.0 Å². The van der Waals surface area contributed by atoms with Crippen molar-refractivity contribution in [3.8, 4) is 0 Å². The molecule has 0 saturated carbocycles. The van der Waals surface area contributed by atoms with E-state index in [9.17, 15) is 14.4 Å². The van der Waals surface area contributed by atoms with E-state index in [4.69, 9.17) is 0 Å². The highest BCUT2D eigenvalue weighted by Crippen LogP contribution is 2.12. The van der Waals surface area contributed by atoms with Gasteiger partial charge in [0.1, 0.15) is 6.54 Å². The van der Waals surface area contributed by atoms with Crippen LogP contribution in [0.3, 0.4) is 0 Å². The van der Waals surface area contributed by atoms with E-state index in [1.54, 1.807) is 30.3 Å². The smallest absolute Gasteiger partial charge is 0.317 e. The van der Waals surface area contributed by atoms with Crippen LogP contribution in [0.2, 0.25) is 0 Å². The summed E-state index contributed by atoms with van der Waals surface area (Å²) in [6.07, 6.45) is 1.56. The van der Waals surface area contributed by atoms with Crippen LogP contribution < -0.4 is 21.3 Å². The number of benzene rings is 2. The van der Waals surface area contributed by atoms with E-state index >= 15 is 0 Å². The minimum absolute atomic E-state index is 0.223. The molecule has 3 aromatic rings. The van der Waals surface area contributed by atoms with E-state index in [-0.39, 0.29) is 19.0 Å². The fourth-order valence-corrected chi connectivity index (χ4v) is 3.15. The average Bonchev–Trinajstić information content (AvgIpc) is 2.73. The molecule has 7 heteroatoms. The molecule has 0 bridgehead atoms. The van der Waals surface area contributed by atoms with Crippen LogP contribution in [-0.4, -0.2) is 29.1 Å². The van der Waals surface area contributed by atoms with Gasteiger partial charge in [-0.1, -0.05) is 30.3 Å². The van der Waals surface area contributed by atoms with Gasteiger partial charge in [-0.25, -0.2) is 0 Å². The molecule has 0 radical (unpaired) electrons. The number of para-hydroxylation sites is 2. The first-order chi connectivity index (χ1) is 13.9. The number of hydrogen-bond donors (Lipinski definition) is 1. The SMILES string of the molecule is C=CCn1c(=O)c(=O)n(CC(=O)NCc2ccc(N(C)C)cc2)c2ccccc21. The van der Waals surface area contributed by atoms with Crippen molar-refractivity contribution in [3.63, 3.8) is 0 Å². The van der Waals surface area contributed by atoms with E-state index < -0.39 is 11.1 Å². The Morgan fingerprint density at radius 2 is 1.59 bits per heavy atom. The Balaban J connectivity index is 1.82. The van der Waals surface area contributed by atoms with Gasteiger partial charge in [0.25, 0.3) is 0 Å². The number of carbonyl (C=O) groups excluding carboxylic acids is 1. The Labute approximate surface area is 168 Å². The summed E-state index contributed by atoms with van der Waals surface area (Å²) in [7, 11) is 3.92. The van der Waals surface area contributed by atoms with E-state index in [1.807, 2.05) is 43.3 Å². The molecule has 0 spiro atoms. The molecule has 1 amide bonds. The van der Waals surface area contributed by atoms with Crippen molar-refractivity contribution >= 4 is 22.6 Å². The normalized spacial score (nSPS) is 10.7. The van der Waals surface area contributed by atoms with Crippen molar-refractivity contribution < 1.29 is 4.79 Å². The molecule has 0 unspecified atom stereocenters. The maximum atomic E-state index is 12.6. The molecular weight excluding hydrogens is 368 g/mol. The number of amides is 1. The monoisotopic (exact) mass is 392 g/mol. The third-order valence-electron chi connectivity index (χ3n) is 4.69. The number of nitrogens with zero attached hydrogens (tertiary/aromatic N) is 3. The summed E-state index contributed by atoms with van der Waals surface area (Å²) in [5, 5.41) is 2.81. The predicted octanol–water partition coefficient (Wildman–Crippen LogP) is 1.73. The molecule has 0 aliphatic rings. The first-order valence-corrected chi connectivity index (χ1v) is 9.28. The van der Waals surface area contributed by atoms with Crippen molar-refractivity contribution in [1.29, 1.82) is 0 Å². The number of anilines is 1. The third-order valence-corrected chi connectivity index (χ3v) is 4.69. The first kappa shape index (κ1) is 20.1. The van der Waals surface area contributed by atoms with E-state index in [2.05, 4.69) is 11.9 Å². The minimum Gasteiger partial charge on any atom is -0.378 e. The summed E-state index contributed by atoms with van der Waals surface area (Å²) >= 11 is 0. The van der Waals surface area contributed by atoms with Crippen LogP contribution in [0.5, 0.6) is 0 Å². The van der Waals surface area contributed by atoms with Crippen LogP contribution in [-0.2, 0) is 24.4 Å². The lowest BCUT2D eigenvalue weighted by Gasteiger charge is -2.14. The summed E-state index contributed by atoms with van der Waals surface area (Å²) in [4.78, 5) is 39.6. The topological polar surface area (TPSA) is 76.3 Å². The molecule has 0 atom stereocenters. The molecule has 0 saturated heterocycles. The molecule has 0 aliphatic carbocycles. The van der Waals surface area contributed by atoms with Gasteiger partial charge in [0.2, 0.25) is 5.91 Å². The van der Waals surface area contributed by atoms with Crippen molar-refractivity contribution in [3.05, 3.63) is 87.5 Å². The molecule has 2 aromatic carbocycles. The Hall–Kier alpha value is -3.61. The number of nitrogens with one attached hydrogen (secondary N) is 1. The second kappa shape index (κ2) is 8.60. The van der Waals surface area contributed by atoms with E-state index in [0.717, 1.165) is 11.3 Å². The van der Waals surface area contributed by atoms with Gasteiger partial charge < -0.3 is 10.2 Å². The van der Waals surface area contributed by atoms with Crippen LogP contribution in [0.4, 0.5) is 5.69 Å². The number of rotatable bonds is 7. The molecule has 150 valence electrons. The standard InChI is InChI=1S/C22H24N4O3/c1-4-13-25-18-7-5-6-8-19(18)26(22(29)21(25)28)15-20(27)23-14-16-9-11-17(12-10-16)24(2)3/h4-12H,1,13-15H2,2-3H3,(H,23,27). The third kappa shape index (κ3) is 4.29. The molecule has 0 aliphatic heterocycles. The quantitative estimate of drug-likeness (QED) is 0.491. The lowest BCUT2D eigenvalue weighted by atomic mass is 10.2. The van der Waals surface area contributed by atoms with Crippen molar-refractivity contribution in [2.45, 2.75) is 19.6 Å². The van der Waals surface area contributed by atoms with Crippen LogP contribution in [0.1, 0.15) is 5.56 Å². The van der Waals surface area contributed by atoms with Crippen molar-refractivity contribution in [1.82, 2.24) is 14.5 Å². The lowest BCUT2D eigenvalue weighted by Crippen LogP contribution is -2.43. The maximum Gasteiger partial charge on any atom is 0.317 e. The Morgan fingerprint density at radius 1 is 1.00 bits per heavy atom. The van der Waals surface area contributed by atoms with Gasteiger partial charge >= 0.3 is 11.1 Å². The van der Waals surface area contributed by atoms with E-state index in [0.29, 0.717) is 17.6 Å². The Morgan fingerprint density at radius 3 is 2.17 bits per heavy atom.